The zero-order valence-electron chi connectivity index (χ0n) is 15.4. The van der Waals surface area contributed by atoms with Crippen molar-refractivity contribution in [2.24, 2.45) is 0 Å². The summed E-state index contributed by atoms with van der Waals surface area (Å²) in [7, 11) is 2.08. The molecule has 3 aromatic heterocycles. The average molecular weight is 401 g/mol. The summed E-state index contributed by atoms with van der Waals surface area (Å²) in [5.41, 5.74) is 1.15. The van der Waals surface area contributed by atoms with E-state index >= 15 is 0 Å². The molecule has 146 valence electrons. The van der Waals surface area contributed by atoms with Crippen molar-refractivity contribution in [2.75, 3.05) is 43.4 Å². The molecule has 10 heteroatoms. The Balaban J connectivity index is 1.46. The van der Waals surface area contributed by atoms with Crippen molar-refractivity contribution in [1.29, 1.82) is 0 Å². The Hall–Kier alpha value is -2.85. The molecule has 0 aromatic carbocycles. The fourth-order valence-corrected chi connectivity index (χ4v) is 3.63. The molecular weight excluding hydrogens is 381 g/mol. The predicted octanol–water partition coefficient (Wildman–Crippen LogP) is 1.93. The lowest BCUT2D eigenvalue weighted by Gasteiger charge is -2.31. The molecule has 28 heavy (non-hydrogen) atoms. The van der Waals surface area contributed by atoms with Crippen molar-refractivity contribution >= 4 is 28.5 Å². The van der Waals surface area contributed by atoms with Crippen LogP contribution in [-0.2, 0) is 6.54 Å². The van der Waals surface area contributed by atoms with Crippen LogP contribution in [-0.4, -0.2) is 62.9 Å². The first kappa shape index (κ1) is 18.5. The van der Waals surface area contributed by atoms with Crippen LogP contribution in [0.2, 0.25) is 0 Å². The summed E-state index contributed by atoms with van der Waals surface area (Å²) in [5, 5.41) is 3.13. The van der Waals surface area contributed by atoms with Crippen molar-refractivity contribution in [3.63, 3.8) is 0 Å². The van der Waals surface area contributed by atoms with Crippen LogP contribution in [0.1, 0.15) is 16.1 Å². The Kier molecular flexibility index (Phi) is 5.31. The molecule has 1 amide bonds. The monoisotopic (exact) mass is 401 g/mol. The maximum atomic E-state index is 13.8. The molecule has 8 nitrogen and oxygen atoms in total. The topological polar surface area (TPSA) is 79.2 Å². The molecule has 4 rings (SSSR count). The minimum Gasteiger partial charge on any atom is -0.337 e. The normalized spacial score (nSPS) is 15.0. The van der Waals surface area contributed by atoms with Gasteiger partial charge in [0.15, 0.2) is 0 Å². The molecule has 0 spiro atoms. The number of carbonyl (C=O) groups excluding carboxylic acids is 1. The molecule has 1 fully saturated rings. The van der Waals surface area contributed by atoms with Gasteiger partial charge in [-0.2, -0.15) is 9.36 Å². The maximum Gasteiger partial charge on any atom is 0.274 e. The van der Waals surface area contributed by atoms with E-state index in [1.807, 2.05) is 12.1 Å². The summed E-state index contributed by atoms with van der Waals surface area (Å²) in [4.78, 5) is 25.4. The number of nitrogens with one attached hydrogen (secondary N) is 1. The second-order valence-corrected chi connectivity index (χ2v) is 7.42. The molecule has 0 bridgehead atoms. The summed E-state index contributed by atoms with van der Waals surface area (Å²) in [6, 6.07) is 4.87. The lowest BCUT2D eigenvalue weighted by molar-refractivity contribution is 0.101. The lowest BCUT2D eigenvalue weighted by Crippen LogP contribution is -2.44. The Morgan fingerprint density at radius 2 is 2.00 bits per heavy atom. The summed E-state index contributed by atoms with van der Waals surface area (Å²) < 4.78 is 19.7. The van der Waals surface area contributed by atoms with E-state index < -0.39 is 11.7 Å². The van der Waals surface area contributed by atoms with Gasteiger partial charge >= 0.3 is 0 Å². The van der Waals surface area contributed by atoms with Crippen LogP contribution in [0.4, 0.5) is 15.5 Å². The van der Waals surface area contributed by atoms with Gasteiger partial charge in [-0.1, -0.05) is 0 Å². The number of piperazine rings is 1. The van der Waals surface area contributed by atoms with E-state index in [0.717, 1.165) is 43.3 Å². The van der Waals surface area contributed by atoms with Gasteiger partial charge in [-0.3, -0.25) is 15.1 Å². The fraction of sp³-hybridized carbons (Fsp3) is 0.333. The SMILES string of the molecule is CN1CCN(c2nsc(NC(=O)c3cc(F)cn3Cc3ccncc3)n2)CC1. The number of aromatic nitrogens is 4. The van der Waals surface area contributed by atoms with E-state index in [2.05, 4.69) is 36.5 Å². The van der Waals surface area contributed by atoms with Crippen LogP contribution in [0, 0.1) is 5.82 Å². The molecular formula is C18H20FN7OS. The summed E-state index contributed by atoms with van der Waals surface area (Å²) in [6.45, 7) is 3.96. The minimum absolute atomic E-state index is 0.227. The van der Waals surface area contributed by atoms with E-state index in [0.29, 0.717) is 17.6 Å². The molecule has 0 unspecified atom stereocenters. The number of hydrogen-bond acceptors (Lipinski definition) is 7. The van der Waals surface area contributed by atoms with Crippen LogP contribution in [0.5, 0.6) is 0 Å². The molecule has 1 aliphatic heterocycles. The third-order valence-electron chi connectivity index (χ3n) is 4.62. The lowest BCUT2D eigenvalue weighted by atomic mass is 10.2. The zero-order chi connectivity index (χ0) is 19.5. The maximum absolute atomic E-state index is 13.8. The minimum atomic E-state index is -0.463. The van der Waals surface area contributed by atoms with Crippen LogP contribution in [0.3, 0.4) is 0 Å². The molecule has 1 N–H and O–H groups in total. The van der Waals surface area contributed by atoms with Gasteiger partial charge in [0.05, 0.1) is 0 Å². The molecule has 1 saturated heterocycles. The number of carbonyl (C=O) groups is 1. The van der Waals surface area contributed by atoms with Gasteiger partial charge in [0.2, 0.25) is 11.1 Å². The van der Waals surface area contributed by atoms with Gasteiger partial charge in [-0.15, -0.1) is 0 Å². The highest BCUT2D eigenvalue weighted by molar-refractivity contribution is 7.10. The number of hydrogen-bond donors (Lipinski definition) is 1. The number of pyridine rings is 1. The summed E-state index contributed by atoms with van der Waals surface area (Å²) in [5.74, 6) is -0.264. The zero-order valence-corrected chi connectivity index (χ0v) is 16.2. The van der Waals surface area contributed by atoms with Gasteiger partial charge in [0, 0.05) is 68.9 Å². The number of likely N-dealkylation sites (N-methyl/N-ethyl adjacent to an activating group) is 1. The van der Waals surface area contributed by atoms with Gasteiger partial charge < -0.3 is 14.4 Å². The second kappa shape index (κ2) is 8.03. The average Bonchev–Trinajstić information content (AvgIpc) is 3.30. The smallest absolute Gasteiger partial charge is 0.274 e. The third kappa shape index (κ3) is 4.18. The fourth-order valence-electron chi connectivity index (χ4n) is 3.04. The number of nitrogens with zero attached hydrogens (tertiary/aromatic N) is 6. The second-order valence-electron chi connectivity index (χ2n) is 6.67. The van der Waals surface area contributed by atoms with Gasteiger partial charge in [0.1, 0.15) is 11.5 Å². The highest BCUT2D eigenvalue weighted by Gasteiger charge is 2.20. The highest BCUT2D eigenvalue weighted by atomic mass is 32.1. The Morgan fingerprint density at radius 3 is 2.75 bits per heavy atom. The standard InChI is InChI=1S/C18H20FN7OS/c1-24-6-8-25(9-7-24)17-22-18(28-23-17)21-16(27)15-10-14(19)12-26(15)11-13-2-4-20-5-3-13/h2-5,10,12H,6-9,11H2,1H3,(H,21,22,23,27). The molecule has 0 saturated carbocycles. The van der Waals surface area contributed by atoms with Gasteiger partial charge in [0.25, 0.3) is 5.91 Å². The third-order valence-corrected chi connectivity index (χ3v) is 5.24. The van der Waals surface area contributed by atoms with Gasteiger partial charge in [-0.25, -0.2) is 4.39 Å². The van der Waals surface area contributed by atoms with Crippen molar-refractivity contribution in [3.05, 3.63) is 53.9 Å². The predicted molar refractivity (Wildman–Crippen MR) is 105 cm³/mol. The number of rotatable bonds is 5. The number of halogens is 1. The van der Waals surface area contributed by atoms with Crippen LogP contribution in [0.25, 0.3) is 0 Å². The Labute approximate surface area is 165 Å². The van der Waals surface area contributed by atoms with E-state index in [-0.39, 0.29) is 5.69 Å². The van der Waals surface area contributed by atoms with Crippen LogP contribution in [0.15, 0.2) is 36.8 Å². The Bertz CT molecular complexity index is 950. The first-order chi connectivity index (χ1) is 13.6. The van der Waals surface area contributed by atoms with E-state index in [4.69, 9.17) is 0 Å². The highest BCUT2D eigenvalue weighted by Crippen LogP contribution is 2.20. The molecule has 4 heterocycles. The number of anilines is 2. The molecule has 0 aliphatic carbocycles. The van der Waals surface area contributed by atoms with Gasteiger partial charge in [-0.05, 0) is 24.7 Å². The molecule has 0 atom stereocenters. The summed E-state index contributed by atoms with van der Waals surface area (Å²) in [6.07, 6.45) is 4.64. The van der Waals surface area contributed by atoms with Crippen LogP contribution < -0.4 is 10.2 Å². The summed E-state index contributed by atoms with van der Waals surface area (Å²) >= 11 is 1.12. The van der Waals surface area contributed by atoms with Crippen molar-refractivity contribution in [2.45, 2.75) is 6.54 Å². The molecule has 3 aromatic rings. The van der Waals surface area contributed by atoms with E-state index in [9.17, 15) is 9.18 Å². The Morgan fingerprint density at radius 1 is 1.25 bits per heavy atom. The van der Waals surface area contributed by atoms with Crippen LogP contribution >= 0.6 is 11.5 Å². The number of amides is 1. The van der Waals surface area contributed by atoms with E-state index in [1.54, 1.807) is 17.0 Å². The van der Waals surface area contributed by atoms with Crippen molar-refractivity contribution in [1.82, 2.24) is 23.8 Å². The first-order valence-electron chi connectivity index (χ1n) is 8.91. The quantitative estimate of drug-likeness (QED) is 0.704. The van der Waals surface area contributed by atoms with Crippen molar-refractivity contribution < 1.29 is 9.18 Å². The largest absolute Gasteiger partial charge is 0.337 e. The molecule has 0 radical (unpaired) electrons. The van der Waals surface area contributed by atoms with E-state index in [1.165, 1.54) is 12.3 Å². The first-order valence-corrected chi connectivity index (χ1v) is 9.69. The van der Waals surface area contributed by atoms with Crippen molar-refractivity contribution in [3.8, 4) is 0 Å². The molecule has 1 aliphatic rings.